The Balaban J connectivity index is 2.21. The second-order valence-electron chi connectivity index (χ2n) is 4.16. The van der Waals surface area contributed by atoms with E-state index in [0.717, 1.165) is 22.4 Å². The summed E-state index contributed by atoms with van der Waals surface area (Å²) in [7, 11) is 0. The molecule has 0 saturated carbocycles. The lowest BCUT2D eigenvalue weighted by Crippen LogP contribution is -2.00. The quantitative estimate of drug-likeness (QED) is 0.507. The maximum atomic E-state index is 4.72. The number of nitrogens with zero attached hydrogens (tertiary/aromatic N) is 4. The molecule has 0 amide bonds. The first kappa shape index (κ1) is 9.41. The van der Waals surface area contributed by atoms with E-state index in [1.807, 2.05) is 35.0 Å². The second-order valence-corrected chi connectivity index (χ2v) is 4.16. The van der Waals surface area contributed by atoms with Crippen LogP contribution in [0.5, 0.6) is 0 Å². The van der Waals surface area contributed by atoms with Crippen molar-refractivity contribution >= 4 is 16.6 Å². The molecule has 0 spiro atoms. The first-order chi connectivity index (χ1) is 8.93. The number of benzene rings is 1. The Morgan fingerprint density at radius 2 is 1.78 bits per heavy atom. The lowest BCUT2D eigenvalue weighted by Gasteiger charge is -2.08. The maximum Gasteiger partial charge on any atom is 0.162 e. The number of para-hydroxylation sites is 2. The van der Waals surface area contributed by atoms with Gasteiger partial charge in [-0.1, -0.05) is 12.1 Å². The molecule has 0 saturated heterocycles. The predicted octanol–water partition coefficient (Wildman–Crippen LogP) is 2.67. The van der Waals surface area contributed by atoms with Gasteiger partial charge in [-0.25, -0.2) is 9.97 Å². The van der Waals surface area contributed by atoms with Crippen molar-refractivity contribution in [2.45, 2.75) is 0 Å². The first-order valence-corrected chi connectivity index (χ1v) is 5.78. The van der Waals surface area contributed by atoms with Crippen LogP contribution in [0.25, 0.3) is 22.4 Å². The van der Waals surface area contributed by atoms with Crippen molar-refractivity contribution < 1.29 is 0 Å². The van der Waals surface area contributed by atoms with Crippen LogP contribution in [0.2, 0.25) is 0 Å². The van der Waals surface area contributed by atoms with E-state index in [-0.39, 0.29) is 0 Å². The van der Waals surface area contributed by atoms with Crippen molar-refractivity contribution in [1.82, 2.24) is 18.9 Å². The van der Waals surface area contributed by atoms with Crippen LogP contribution in [0.3, 0.4) is 0 Å². The van der Waals surface area contributed by atoms with E-state index in [2.05, 4.69) is 27.7 Å². The van der Waals surface area contributed by atoms with Crippen LogP contribution in [0.15, 0.2) is 61.3 Å². The lowest BCUT2D eigenvalue weighted by atomic mass is 10.3. The van der Waals surface area contributed by atoms with Crippen molar-refractivity contribution in [2.24, 2.45) is 0 Å². The molecule has 3 heterocycles. The van der Waals surface area contributed by atoms with Crippen molar-refractivity contribution in [3.8, 4) is 5.82 Å². The van der Waals surface area contributed by atoms with Crippen molar-refractivity contribution in [1.29, 1.82) is 0 Å². The standard InChI is InChI=1S/C14H10N4/c1-2-5-12-11(4-1)16-14(17-9-7-15-10-17)13-6-3-8-18(12)13/h1-10H. The Labute approximate surface area is 103 Å². The number of aromatic nitrogens is 4. The van der Waals surface area contributed by atoms with Crippen LogP contribution in [-0.4, -0.2) is 18.9 Å². The fourth-order valence-electron chi connectivity index (χ4n) is 2.28. The second kappa shape index (κ2) is 3.43. The molecular weight excluding hydrogens is 224 g/mol. The normalized spacial score (nSPS) is 11.3. The van der Waals surface area contributed by atoms with E-state index < -0.39 is 0 Å². The minimum Gasteiger partial charge on any atom is -0.312 e. The van der Waals surface area contributed by atoms with Gasteiger partial charge in [0.2, 0.25) is 0 Å². The zero-order valence-corrected chi connectivity index (χ0v) is 9.56. The minimum atomic E-state index is 0.899. The van der Waals surface area contributed by atoms with E-state index in [4.69, 9.17) is 4.98 Å². The molecule has 4 heteroatoms. The Morgan fingerprint density at radius 1 is 0.889 bits per heavy atom. The molecule has 0 radical (unpaired) electrons. The average Bonchev–Trinajstić information content (AvgIpc) is 3.09. The first-order valence-electron chi connectivity index (χ1n) is 5.78. The third-order valence-electron chi connectivity index (χ3n) is 3.09. The summed E-state index contributed by atoms with van der Waals surface area (Å²) >= 11 is 0. The van der Waals surface area contributed by atoms with Crippen LogP contribution in [0.4, 0.5) is 0 Å². The third-order valence-corrected chi connectivity index (χ3v) is 3.09. The molecule has 1 aromatic carbocycles. The van der Waals surface area contributed by atoms with Crippen LogP contribution >= 0.6 is 0 Å². The van der Waals surface area contributed by atoms with Crippen molar-refractivity contribution in [3.05, 3.63) is 61.3 Å². The molecule has 4 nitrogen and oxygen atoms in total. The van der Waals surface area contributed by atoms with Crippen molar-refractivity contribution in [3.63, 3.8) is 0 Å². The van der Waals surface area contributed by atoms with Gasteiger partial charge in [-0.3, -0.25) is 4.57 Å². The minimum absolute atomic E-state index is 0.899. The van der Waals surface area contributed by atoms with Crippen LogP contribution in [0, 0.1) is 0 Å². The van der Waals surface area contributed by atoms with Gasteiger partial charge >= 0.3 is 0 Å². The largest absolute Gasteiger partial charge is 0.312 e. The molecule has 0 bridgehead atoms. The smallest absolute Gasteiger partial charge is 0.162 e. The zero-order valence-electron chi connectivity index (χ0n) is 9.56. The molecule has 0 atom stereocenters. The Morgan fingerprint density at radius 3 is 2.67 bits per heavy atom. The summed E-state index contributed by atoms with van der Waals surface area (Å²) in [5.41, 5.74) is 3.16. The van der Waals surface area contributed by atoms with Crippen LogP contribution in [-0.2, 0) is 0 Å². The van der Waals surface area contributed by atoms with Gasteiger partial charge in [0.1, 0.15) is 6.33 Å². The van der Waals surface area contributed by atoms with Crippen LogP contribution < -0.4 is 0 Å². The highest BCUT2D eigenvalue weighted by Gasteiger charge is 2.08. The number of fused-ring (bicyclic) bond motifs is 3. The molecule has 4 rings (SSSR count). The Hall–Kier alpha value is -2.62. The van der Waals surface area contributed by atoms with E-state index in [1.165, 1.54) is 0 Å². The average molecular weight is 234 g/mol. The highest BCUT2D eigenvalue weighted by molar-refractivity contribution is 5.82. The summed E-state index contributed by atoms with van der Waals surface area (Å²) in [6.07, 6.45) is 7.49. The molecule has 4 aromatic rings. The van der Waals surface area contributed by atoms with Gasteiger partial charge in [0.15, 0.2) is 5.82 Å². The van der Waals surface area contributed by atoms with Gasteiger partial charge in [0.05, 0.1) is 16.6 Å². The highest BCUT2D eigenvalue weighted by atomic mass is 15.1. The number of rotatable bonds is 1. The zero-order chi connectivity index (χ0) is 11.9. The van der Waals surface area contributed by atoms with Gasteiger partial charge in [0, 0.05) is 18.6 Å². The Kier molecular flexibility index (Phi) is 1.80. The lowest BCUT2D eigenvalue weighted by molar-refractivity contribution is 1.00. The highest BCUT2D eigenvalue weighted by Crippen LogP contribution is 2.21. The Bertz CT molecular complexity index is 827. The number of imidazole rings is 1. The summed E-state index contributed by atoms with van der Waals surface area (Å²) in [5.74, 6) is 0.899. The van der Waals surface area contributed by atoms with Gasteiger partial charge in [-0.15, -0.1) is 0 Å². The van der Waals surface area contributed by atoms with Crippen LogP contribution in [0.1, 0.15) is 0 Å². The fourth-order valence-corrected chi connectivity index (χ4v) is 2.28. The fraction of sp³-hybridized carbons (Fsp3) is 0. The molecule has 0 aliphatic carbocycles. The van der Waals surface area contributed by atoms with Gasteiger partial charge in [0.25, 0.3) is 0 Å². The third kappa shape index (κ3) is 1.20. The molecule has 0 fully saturated rings. The summed E-state index contributed by atoms with van der Waals surface area (Å²) in [5, 5.41) is 0. The molecule has 0 aliphatic heterocycles. The molecule has 0 N–H and O–H groups in total. The van der Waals surface area contributed by atoms with E-state index >= 15 is 0 Å². The summed E-state index contributed by atoms with van der Waals surface area (Å²) in [6.45, 7) is 0. The van der Waals surface area contributed by atoms with E-state index in [0.29, 0.717) is 0 Å². The number of hydrogen-bond donors (Lipinski definition) is 0. The molecule has 0 aliphatic rings. The summed E-state index contributed by atoms with van der Waals surface area (Å²) < 4.78 is 4.08. The maximum absolute atomic E-state index is 4.72. The van der Waals surface area contributed by atoms with Gasteiger partial charge in [-0.2, -0.15) is 0 Å². The molecular formula is C14H10N4. The molecule has 18 heavy (non-hydrogen) atoms. The SMILES string of the molecule is c1ccc2c(c1)nc(-n1ccnc1)c1cccn12. The number of hydrogen-bond acceptors (Lipinski definition) is 2. The van der Waals surface area contributed by atoms with E-state index in [1.54, 1.807) is 12.5 Å². The predicted molar refractivity (Wildman–Crippen MR) is 69.8 cm³/mol. The molecule has 0 unspecified atom stereocenters. The topological polar surface area (TPSA) is 35.1 Å². The van der Waals surface area contributed by atoms with Crippen molar-refractivity contribution in [2.75, 3.05) is 0 Å². The van der Waals surface area contributed by atoms with E-state index in [9.17, 15) is 0 Å². The summed E-state index contributed by atoms with van der Waals surface area (Å²) in [4.78, 5) is 8.80. The van der Waals surface area contributed by atoms with Gasteiger partial charge in [-0.05, 0) is 24.3 Å². The monoisotopic (exact) mass is 234 g/mol. The molecule has 3 aromatic heterocycles. The van der Waals surface area contributed by atoms with Gasteiger partial charge < -0.3 is 4.40 Å². The summed E-state index contributed by atoms with van der Waals surface area (Å²) in [6, 6.07) is 12.2. The molecule has 86 valence electrons.